The number of nitrogens with one attached hydrogen (secondary N) is 1. The van der Waals surface area contributed by atoms with E-state index >= 15 is 0 Å². The summed E-state index contributed by atoms with van der Waals surface area (Å²) in [7, 11) is 0. The molecule has 0 saturated heterocycles. The monoisotopic (exact) mass is 419 g/mol. The highest BCUT2D eigenvalue weighted by Gasteiger charge is 2.42. The zero-order chi connectivity index (χ0) is 21.7. The smallest absolute Gasteiger partial charge is 0.419 e. The molecule has 0 aliphatic heterocycles. The lowest BCUT2D eigenvalue weighted by Crippen LogP contribution is -2.56. The van der Waals surface area contributed by atoms with Gasteiger partial charge in [0, 0.05) is 19.0 Å². The van der Waals surface area contributed by atoms with Crippen LogP contribution in [0.25, 0.3) is 11.1 Å². The number of nitro groups is 1. The van der Waals surface area contributed by atoms with Crippen LogP contribution in [0, 0.1) is 10.1 Å². The van der Waals surface area contributed by atoms with Gasteiger partial charge in [0.15, 0.2) is 5.58 Å². The zero-order valence-electron chi connectivity index (χ0n) is 16.8. The van der Waals surface area contributed by atoms with E-state index in [-0.39, 0.29) is 36.8 Å². The molecule has 0 atom stereocenters. The lowest BCUT2D eigenvalue weighted by atomic mass is 9.81. The molecular weight excluding hydrogens is 394 g/mol. The van der Waals surface area contributed by atoms with Crippen LogP contribution in [-0.2, 0) is 20.9 Å². The van der Waals surface area contributed by atoms with E-state index in [9.17, 15) is 24.5 Å². The fourth-order valence-electron chi connectivity index (χ4n) is 3.91. The Hall–Kier alpha value is -3.17. The van der Waals surface area contributed by atoms with E-state index in [1.54, 1.807) is 6.92 Å². The van der Waals surface area contributed by atoms with Gasteiger partial charge in [-0.05, 0) is 32.3 Å². The van der Waals surface area contributed by atoms with Crippen molar-refractivity contribution in [3.63, 3.8) is 0 Å². The van der Waals surface area contributed by atoms with Crippen LogP contribution in [-0.4, -0.2) is 33.5 Å². The van der Waals surface area contributed by atoms with Gasteiger partial charge >= 0.3 is 11.7 Å². The van der Waals surface area contributed by atoms with Gasteiger partial charge in [-0.2, -0.15) is 0 Å². The van der Waals surface area contributed by atoms with Gasteiger partial charge < -0.3 is 14.5 Å². The number of nitrogens with zero attached hydrogens (tertiary/aromatic N) is 2. The topological polar surface area (TPSA) is 134 Å². The molecule has 1 aromatic carbocycles. The van der Waals surface area contributed by atoms with Gasteiger partial charge in [0.2, 0.25) is 5.91 Å². The van der Waals surface area contributed by atoms with Crippen LogP contribution in [0.4, 0.5) is 5.69 Å². The lowest BCUT2D eigenvalue weighted by molar-refractivity contribution is -0.384. The second kappa shape index (κ2) is 9.10. The van der Waals surface area contributed by atoms with Gasteiger partial charge in [-0.3, -0.25) is 19.5 Å². The van der Waals surface area contributed by atoms with Gasteiger partial charge in [0.05, 0.1) is 23.1 Å². The molecule has 10 heteroatoms. The number of fused-ring (bicyclic) bond motifs is 1. The minimum atomic E-state index is -0.969. The maximum Gasteiger partial charge on any atom is 0.419 e. The van der Waals surface area contributed by atoms with Gasteiger partial charge in [-0.1, -0.05) is 19.3 Å². The first-order valence-corrected chi connectivity index (χ1v) is 10.1. The average Bonchev–Trinajstić information content (AvgIpc) is 3.03. The molecule has 3 rings (SSSR count). The van der Waals surface area contributed by atoms with E-state index in [1.807, 2.05) is 0 Å². The van der Waals surface area contributed by atoms with E-state index < -0.39 is 22.2 Å². The van der Waals surface area contributed by atoms with Crippen LogP contribution in [0.3, 0.4) is 0 Å². The van der Waals surface area contributed by atoms with Crippen LogP contribution in [0.2, 0.25) is 0 Å². The molecular formula is C20H25N3O7. The summed E-state index contributed by atoms with van der Waals surface area (Å²) in [5, 5.41) is 13.7. The summed E-state index contributed by atoms with van der Waals surface area (Å²) in [5.41, 5.74) is -0.577. The predicted molar refractivity (Wildman–Crippen MR) is 107 cm³/mol. The molecule has 0 radical (unpaired) electrons. The fraction of sp³-hybridized carbons (Fsp3) is 0.550. The molecule has 1 fully saturated rings. The SMILES string of the molecule is CCOC(=O)C1(NC(=O)CCCn2c(=O)oc3cc([N+](=O)[O-])ccc32)CCCCC1. The summed E-state index contributed by atoms with van der Waals surface area (Å²) in [5.74, 6) is -1.31. The van der Waals surface area contributed by atoms with Crippen LogP contribution in [0.5, 0.6) is 0 Å². The van der Waals surface area contributed by atoms with Gasteiger partial charge in [0.25, 0.3) is 5.69 Å². The van der Waals surface area contributed by atoms with Crippen molar-refractivity contribution >= 4 is 28.7 Å². The number of rotatable bonds is 8. The van der Waals surface area contributed by atoms with Crippen molar-refractivity contribution in [3.05, 3.63) is 38.9 Å². The van der Waals surface area contributed by atoms with Crippen LogP contribution >= 0.6 is 0 Å². The van der Waals surface area contributed by atoms with Crippen LogP contribution in [0.1, 0.15) is 51.9 Å². The third-order valence-corrected chi connectivity index (χ3v) is 5.40. The number of oxazole rings is 1. The summed E-state index contributed by atoms with van der Waals surface area (Å²) in [6.07, 6.45) is 4.29. The van der Waals surface area contributed by atoms with E-state index in [1.165, 1.54) is 22.8 Å². The number of ether oxygens (including phenoxy) is 1. The summed E-state index contributed by atoms with van der Waals surface area (Å²) in [6, 6.07) is 3.95. The van der Waals surface area contributed by atoms with Crippen molar-refractivity contribution < 1.29 is 23.7 Å². The second-order valence-corrected chi connectivity index (χ2v) is 7.44. The highest BCUT2D eigenvalue weighted by Crippen LogP contribution is 2.30. The molecule has 1 amide bonds. The third-order valence-electron chi connectivity index (χ3n) is 5.40. The Bertz CT molecular complexity index is 1000. The summed E-state index contributed by atoms with van der Waals surface area (Å²) in [6.45, 7) is 2.20. The second-order valence-electron chi connectivity index (χ2n) is 7.44. The number of carbonyl (C=O) groups excluding carboxylic acids is 2. The third kappa shape index (κ3) is 4.52. The molecule has 0 unspecified atom stereocenters. The maximum absolute atomic E-state index is 12.5. The molecule has 10 nitrogen and oxygen atoms in total. The lowest BCUT2D eigenvalue weighted by Gasteiger charge is -2.35. The first-order chi connectivity index (χ1) is 14.4. The Labute approximate surface area is 172 Å². The summed E-state index contributed by atoms with van der Waals surface area (Å²) in [4.78, 5) is 47.3. The molecule has 1 aromatic heterocycles. The largest absolute Gasteiger partial charge is 0.464 e. The molecule has 1 heterocycles. The highest BCUT2D eigenvalue weighted by atomic mass is 16.6. The molecule has 1 saturated carbocycles. The molecule has 1 N–H and O–H groups in total. The number of carbonyl (C=O) groups is 2. The first kappa shape index (κ1) is 21.5. The van der Waals surface area contributed by atoms with Crippen molar-refractivity contribution in [2.75, 3.05) is 6.61 Å². The fourth-order valence-corrected chi connectivity index (χ4v) is 3.91. The highest BCUT2D eigenvalue weighted by molar-refractivity contribution is 5.88. The molecule has 1 aliphatic rings. The van der Waals surface area contributed by atoms with E-state index in [0.717, 1.165) is 19.3 Å². The quantitative estimate of drug-likeness (QED) is 0.395. The Morgan fingerprint density at radius 2 is 2.03 bits per heavy atom. The number of amides is 1. The molecule has 30 heavy (non-hydrogen) atoms. The van der Waals surface area contributed by atoms with Gasteiger partial charge in [-0.25, -0.2) is 9.59 Å². The number of aromatic nitrogens is 1. The number of hydrogen-bond acceptors (Lipinski definition) is 7. The van der Waals surface area contributed by atoms with Crippen molar-refractivity contribution in [3.8, 4) is 0 Å². The predicted octanol–water partition coefficient (Wildman–Crippen LogP) is 2.67. The normalized spacial score (nSPS) is 15.6. The Balaban J connectivity index is 1.64. The Morgan fingerprint density at radius 1 is 1.30 bits per heavy atom. The number of nitro benzene ring substituents is 1. The maximum atomic E-state index is 12.5. The zero-order valence-corrected chi connectivity index (χ0v) is 16.8. The first-order valence-electron chi connectivity index (χ1n) is 10.1. The van der Waals surface area contributed by atoms with Gasteiger partial charge in [-0.15, -0.1) is 0 Å². The molecule has 162 valence electrons. The average molecular weight is 419 g/mol. The summed E-state index contributed by atoms with van der Waals surface area (Å²) >= 11 is 0. The molecule has 2 aromatic rings. The Morgan fingerprint density at radius 3 is 2.70 bits per heavy atom. The number of non-ortho nitro benzene ring substituents is 1. The van der Waals surface area contributed by atoms with Crippen molar-refractivity contribution in [1.29, 1.82) is 0 Å². The van der Waals surface area contributed by atoms with Crippen molar-refractivity contribution in [1.82, 2.24) is 9.88 Å². The van der Waals surface area contributed by atoms with Crippen LogP contribution < -0.4 is 11.1 Å². The van der Waals surface area contributed by atoms with E-state index in [0.29, 0.717) is 24.8 Å². The number of aryl methyl sites for hydroxylation is 1. The van der Waals surface area contributed by atoms with E-state index in [4.69, 9.17) is 9.15 Å². The van der Waals surface area contributed by atoms with E-state index in [2.05, 4.69) is 5.32 Å². The summed E-state index contributed by atoms with van der Waals surface area (Å²) < 4.78 is 11.6. The number of benzene rings is 1. The molecule has 0 bridgehead atoms. The standard InChI is InChI=1S/C20H25N3O7/c1-2-29-18(25)20(10-4-3-5-11-20)21-17(24)7-6-12-22-15-9-8-14(23(27)28)13-16(15)30-19(22)26/h8-9,13H,2-7,10-12H2,1H3,(H,21,24). The number of esters is 1. The number of hydrogen-bond donors (Lipinski definition) is 1. The van der Waals surface area contributed by atoms with Crippen molar-refractivity contribution in [2.24, 2.45) is 0 Å². The minimum absolute atomic E-state index is 0.118. The van der Waals surface area contributed by atoms with Crippen LogP contribution in [0.15, 0.2) is 27.4 Å². The molecule has 1 aliphatic carbocycles. The minimum Gasteiger partial charge on any atom is -0.464 e. The molecule has 0 spiro atoms. The van der Waals surface area contributed by atoms with Crippen molar-refractivity contribution in [2.45, 2.75) is 64.0 Å². The van der Waals surface area contributed by atoms with Gasteiger partial charge in [0.1, 0.15) is 5.54 Å². The Kier molecular flexibility index (Phi) is 6.53.